The maximum atomic E-state index is 12.8. The lowest BCUT2D eigenvalue weighted by Crippen LogP contribution is -2.34. The number of carbonyl (C=O) groups is 2. The number of benzene rings is 2. The van der Waals surface area contributed by atoms with E-state index in [9.17, 15) is 9.59 Å². The van der Waals surface area contributed by atoms with Crippen LogP contribution in [-0.4, -0.2) is 36.9 Å². The maximum Gasteiger partial charge on any atom is 0.321 e. The first kappa shape index (κ1) is 17.5. The standard InChI is InChI=1S/C19H22N2O3/c1-4-21(5-2)19(23)20-17-9-7-6-8-16(17)18(22)14-10-12-15(24-3)13-11-14/h6-13H,4-5H2,1-3H3,(H,20,23). The van der Waals surface area contributed by atoms with Crippen molar-refractivity contribution in [2.45, 2.75) is 13.8 Å². The third kappa shape index (κ3) is 3.93. The fraction of sp³-hybridized carbons (Fsp3) is 0.263. The van der Waals surface area contributed by atoms with Gasteiger partial charge in [0, 0.05) is 24.2 Å². The molecule has 2 aromatic carbocycles. The topological polar surface area (TPSA) is 58.6 Å². The van der Waals surface area contributed by atoms with E-state index in [1.165, 1.54) is 0 Å². The third-order valence-electron chi connectivity index (χ3n) is 3.82. The number of amides is 2. The lowest BCUT2D eigenvalue weighted by Gasteiger charge is -2.20. The summed E-state index contributed by atoms with van der Waals surface area (Å²) < 4.78 is 5.11. The average Bonchev–Trinajstić information content (AvgIpc) is 2.62. The Morgan fingerprint density at radius 2 is 1.62 bits per heavy atom. The van der Waals surface area contributed by atoms with Crippen LogP contribution in [0.15, 0.2) is 48.5 Å². The smallest absolute Gasteiger partial charge is 0.321 e. The van der Waals surface area contributed by atoms with Crippen LogP contribution in [-0.2, 0) is 0 Å². The highest BCUT2D eigenvalue weighted by atomic mass is 16.5. The molecule has 0 unspecified atom stereocenters. The SMILES string of the molecule is CCN(CC)C(=O)Nc1ccccc1C(=O)c1ccc(OC)cc1. The van der Waals surface area contributed by atoms with Gasteiger partial charge < -0.3 is 15.0 Å². The van der Waals surface area contributed by atoms with Crippen LogP contribution in [0.5, 0.6) is 5.75 Å². The van der Waals surface area contributed by atoms with Crippen molar-refractivity contribution in [1.29, 1.82) is 0 Å². The van der Waals surface area contributed by atoms with Gasteiger partial charge in [0.25, 0.3) is 0 Å². The van der Waals surface area contributed by atoms with Gasteiger partial charge in [0.15, 0.2) is 5.78 Å². The summed E-state index contributed by atoms with van der Waals surface area (Å²) in [5, 5.41) is 2.83. The van der Waals surface area contributed by atoms with Gasteiger partial charge in [-0.1, -0.05) is 12.1 Å². The normalized spacial score (nSPS) is 10.1. The number of urea groups is 1. The third-order valence-corrected chi connectivity index (χ3v) is 3.82. The number of hydrogen-bond donors (Lipinski definition) is 1. The molecule has 0 aliphatic carbocycles. The summed E-state index contributed by atoms with van der Waals surface area (Å²) in [7, 11) is 1.58. The molecule has 0 aliphatic rings. The van der Waals surface area contributed by atoms with E-state index in [4.69, 9.17) is 4.74 Å². The molecule has 0 saturated heterocycles. The Labute approximate surface area is 142 Å². The van der Waals surface area contributed by atoms with Crippen LogP contribution in [0.25, 0.3) is 0 Å². The van der Waals surface area contributed by atoms with Gasteiger partial charge in [-0.05, 0) is 50.2 Å². The van der Waals surface area contributed by atoms with Gasteiger partial charge in [0.2, 0.25) is 0 Å². The lowest BCUT2D eigenvalue weighted by atomic mass is 10.0. The Hall–Kier alpha value is -2.82. The molecule has 24 heavy (non-hydrogen) atoms. The summed E-state index contributed by atoms with van der Waals surface area (Å²) in [6, 6.07) is 13.7. The second-order valence-electron chi connectivity index (χ2n) is 5.21. The Morgan fingerprint density at radius 1 is 1.00 bits per heavy atom. The number of anilines is 1. The van der Waals surface area contributed by atoms with Gasteiger partial charge in [-0.2, -0.15) is 0 Å². The molecule has 2 rings (SSSR count). The van der Waals surface area contributed by atoms with Crippen molar-refractivity contribution < 1.29 is 14.3 Å². The molecule has 2 aromatic rings. The molecule has 0 radical (unpaired) electrons. The summed E-state index contributed by atoms with van der Waals surface area (Å²) in [6.07, 6.45) is 0. The van der Waals surface area contributed by atoms with E-state index in [1.54, 1.807) is 60.5 Å². The van der Waals surface area contributed by atoms with Gasteiger partial charge >= 0.3 is 6.03 Å². The van der Waals surface area contributed by atoms with Crippen LogP contribution in [0.2, 0.25) is 0 Å². The van der Waals surface area contributed by atoms with Gasteiger partial charge in [-0.3, -0.25) is 4.79 Å². The van der Waals surface area contributed by atoms with Crippen molar-refractivity contribution in [3.05, 3.63) is 59.7 Å². The minimum atomic E-state index is -0.213. The zero-order chi connectivity index (χ0) is 17.5. The fourth-order valence-electron chi connectivity index (χ4n) is 2.39. The van der Waals surface area contributed by atoms with Gasteiger partial charge in [0.05, 0.1) is 12.8 Å². The van der Waals surface area contributed by atoms with Crippen molar-refractivity contribution in [3.63, 3.8) is 0 Å². The molecule has 2 amide bonds. The number of hydrogen-bond acceptors (Lipinski definition) is 3. The number of para-hydroxylation sites is 1. The van der Waals surface area contributed by atoms with Crippen molar-refractivity contribution in [2.75, 3.05) is 25.5 Å². The molecule has 0 aromatic heterocycles. The predicted octanol–water partition coefficient (Wildman–Crippen LogP) is 3.80. The summed E-state index contributed by atoms with van der Waals surface area (Å²) in [5.74, 6) is 0.544. The first-order chi connectivity index (χ1) is 11.6. The zero-order valence-corrected chi connectivity index (χ0v) is 14.2. The first-order valence-electron chi connectivity index (χ1n) is 7.94. The van der Waals surface area contributed by atoms with E-state index >= 15 is 0 Å². The fourth-order valence-corrected chi connectivity index (χ4v) is 2.39. The molecule has 0 atom stereocenters. The van der Waals surface area contributed by atoms with Crippen molar-refractivity contribution in [3.8, 4) is 5.75 Å². The Kier molecular flexibility index (Phi) is 5.95. The van der Waals surface area contributed by atoms with Crippen LogP contribution in [0.1, 0.15) is 29.8 Å². The molecule has 0 heterocycles. The second kappa shape index (κ2) is 8.15. The highest BCUT2D eigenvalue weighted by Crippen LogP contribution is 2.21. The van der Waals surface area contributed by atoms with Gasteiger partial charge in [-0.15, -0.1) is 0 Å². The minimum Gasteiger partial charge on any atom is -0.497 e. The maximum absolute atomic E-state index is 12.8. The number of nitrogens with zero attached hydrogens (tertiary/aromatic N) is 1. The quantitative estimate of drug-likeness (QED) is 0.821. The van der Waals surface area contributed by atoms with Crippen LogP contribution < -0.4 is 10.1 Å². The summed E-state index contributed by atoms with van der Waals surface area (Å²) in [5.41, 5.74) is 1.51. The Balaban J connectivity index is 2.27. The lowest BCUT2D eigenvalue weighted by molar-refractivity contribution is 0.103. The van der Waals surface area contributed by atoms with E-state index in [-0.39, 0.29) is 11.8 Å². The van der Waals surface area contributed by atoms with Gasteiger partial charge in [-0.25, -0.2) is 4.79 Å². The van der Waals surface area contributed by atoms with E-state index in [0.29, 0.717) is 35.7 Å². The molecule has 0 fully saturated rings. The van der Waals surface area contributed by atoms with Crippen molar-refractivity contribution in [1.82, 2.24) is 4.90 Å². The zero-order valence-electron chi connectivity index (χ0n) is 14.2. The molecular formula is C19H22N2O3. The van der Waals surface area contributed by atoms with E-state index < -0.39 is 0 Å². The molecule has 0 spiro atoms. The van der Waals surface area contributed by atoms with Crippen molar-refractivity contribution >= 4 is 17.5 Å². The number of nitrogens with one attached hydrogen (secondary N) is 1. The monoisotopic (exact) mass is 326 g/mol. The molecule has 0 saturated carbocycles. The van der Waals surface area contributed by atoms with Crippen molar-refractivity contribution in [2.24, 2.45) is 0 Å². The summed E-state index contributed by atoms with van der Waals surface area (Å²) in [4.78, 5) is 26.7. The largest absolute Gasteiger partial charge is 0.497 e. The van der Waals surface area contributed by atoms with Crippen LogP contribution in [0.4, 0.5) is 10.5 Å². The summed E-state index contributed by atoms with van der Waals surface area (Å²) in [6.45, 7) is 5.04. The minimum absolute atomic E-state index is 0.145. The number of carbonyl (C=O) groups excluding carboxylic acids is 2. The second-order valence-corrected chi connectivity index (χ2v) is 5.21. The number of ether oxygens (including phenoxy) is 1. The molecule has 5 nitrogen and oxygen atoms in total. The van der Waals surface area contributed by atoms with Gasteiger partial charge in [0.1, 0.15) is 5.75 Å². The van der Waals surface area contributed by atoms with E-state index in [2.05, 4.69) is 5.32 Å². The number of rotatable bonds is 6. The van der Waals surface area contributed by atoms with E-state index in [1.807, 2.05) is 13.8 Å². The number of methoxy groups -OCH3 is 1. The molecule has 5 heteroatoms. The Bertz CT molecular complexity index is 707. The highest BCUT2D eigenvalue weighted by molar-refractivity contribution is 6.13. The molecule has 1 N–H and O–H groups in total. The highest BCUT2D eigenvalue weighted by Gasteiger charge is 2.16. The van der Waals surface area contributed by atoms with Crippen LogP contribution in [0.3, 0.4) is 0 Å². The first-order valence-corrected chi connectivity index (χ1v) is 7.94. The predicted molar refractivity (Wildman–Crippen MR) is 94.8 cm³/mol. The molecule has 126 valence electrons. The molecular weight excluding hydrogens is 304 g/mol. The molecule has 0 bridgehead atoms. The average molecular weight is 326 g/mol. The summed E-state index contributed by atoms with van der Waals surface area (Å²) >= 11 is 0. The molecule has 0 aliphatic heterocycles. The van der Waals surface area contributed by atoms with E-state index in [0.717, 1.165) is 0 Å². The van der Waals surface area contributed by atoms with Crippen LogP contribution >= 0.6 is 0 Å². The number of ketones is 1. The van der Waals surface area contributed by atoms with Crippen LogP contribution in [0, 0.1) is 0 Å². The Morgan fingerprint density at radius 3 is 2.21 bits per heavy atom.